The minimum atomic E-state index is 0.182. The minimum absolute atomic E-state index is 0.182. The van der Waals surface area contributed by atoms with Crippen LogP contribution in [0.2, 0.25) is 0 Å². The number of hydrogen-bond acceptors (Lipinski definition) is 3. The molecule has 0 saturated carbocycles. The van der Waals surface area contributed by atoms with E-state index in [1.54, 1.807) is 12.1 Å². The molecule has 0 amide bonds. The minimum Gasteiger partial charge on any atom is -0.506 e. The van der Waals surface area contributed by atoms with Gasteiger partial charge in [0.05, 0.1) is 0 Å². The maximum atomic E-state index is 9.50. The molecular formula is C11H13NO2. The van der Waals surface area contributed by atoms with Gasteiger partial charge in [-0.15, -0.1) is 0 Å². The Balaban J connectivity index is 2.46. The molecule has 0 aliphatic rings. The van der Waals surface area contributed by atoms with Crippen molar-refractivity contribution < 1.29 is 9.52 Å². The number of para-hydroxylation sites is 1. The normalized spacial score (nSPS) is 11.4. The highest BCUT2D eigenvalue weighted by atomic mass is 16.3. The Morgan fingerprint density at radius 3 is 2.86 bits per heavy atom. The fourth-order valence-corrected chi connectivity index (χ4v) is 1.42. The van der Waals surface area contributed by atoms with Crippen molar-refractivity contribution in [2.75, 3.05) is 0 Å². The first-order valence-electron chi connectivity index (χ1n) is 4.74. The maximum absolute atomic E-state index is 9.50. The first-order chi connectivity index (χ1) is 6.66. The Bertz CT molecular complexity index is 445. The average molecular weight is 191 g/mol. The molecule has 0 fully saturated rings. The van der Waals surface area contributed by atoms with Crippen LogP contribution in [0, 0.1) is 5.92 Å². The number of hydrogen-bond donors (Lipinski definition) is 1. The molecule has 1 aromatic heterocycles. The van der Waals surface area contributed by atoms with Crippen LogP contribution in [0.4, 0.5) is 0 Å². The lowest BCUT2D eigenvalue weighted by Crippen LogP contribution is -1.93. The summed E-state index contributed by atoms with van der Waals surface area (Å²) in [5.74, 6) is 1.38. The average Bonchev–Trinajstić information content (AvgIpc) is 2.47. The molecule has 3 nitrogen and oxygen atoms in total. The van der Waals surface area contributed by atoms with E-state index in [2.05, 4.69) is 18.8 Å². The Labute approximate surface area is 82.4 Å². The van der Waals surface area contributed by atoms with Crippen molar-refractivity contribution in [1.82, 2.24) is 4.98 Å². The van der Waals surface area contributed by atoms with Crippen LogP contribution >= 0.6 is 0 Å². The first-order valence-corrected chi connectivity index (χ1v) is 4.74. The van der Waals surface area contributed by atoms with Crippen LogP contribution in [0.25, 0.3) is 11.1 Å². The summed E-state index contributed by atoms with van der Waals surface area (Å²) in [6.07, 6.45) is 0.800. The molecule has 0 aliphatic heterocycles. The smallest absolute Gasteiger partial charge is 0.195 e. The van der Waals surface area contributed by atoms with Crippen molar-refractivity contribution >= 4 is 11.1 Å². The number of oxazole rings is 1. The molecule has 0 saturated heterocycles. The SMILES string of the molecule is CC(C)Cc1nc2c(O)cccc2o1. The standard InChI is InChI=1S/C11H13NO2/c1-7(2)6-10-12-11-8(13)4-3-5-9(11)14-10/h3-5,7,13H,6H2,1-2H3. The highest BCUT2D eigenvalue weighted by Crippen LogP contribution is 2.25. The van der Waals surface area contributed by atoms with Gasteiger partial charge < -0.3 is 9.52 Å². The van der Waals surface area contributed by atoms with Gasteiger partial charge in [-0.05, 0) is 18.1 Å². The first kappa shape index (κ1) is 9.06. The number of nitrogens with zero attached hydrogens (tertiary/aromatic N) is 1. The Morgan fingerprint density at radius 2 is 2.21 bits per heavy atom. The third-order valence-corrected chi connectivity index (χ3v) is 2.02. The van der Waals surface area contributed by atoms with Crippen LogP contribution in [-0.4, -0.2) is 10.1 Å². The zero-order valence-corrected chi connectivity index (χ0v) is 8.32. The Kier molecular flexibility index (Phi) is 2.15. The Hall–Kier alpha value is -1.51. The van der Waals surface area contributed by atoms with Gasteiger partial charge in [-0.2, -0.15) is 0 Å². The van der Waals surface area contributed by atoms with Crippen molar-refractivity contribution in [1.29, 1.82) is 0 Å². The summed E-state index contributed by atoms with van der Waals surface area (Å²) in [4.78, 5) is 4.24. The van der Waals surface area contributed by atoms with Crippen LogP contribution in [0.3, 0.4) is 0 Å². The fourth-order valence-electron chi connectivity index (χ4n) is 1.42. The van der Waals surface area contributed by atoms with Crippen molar-refractivity contribution in [3.05, 3.63) is 24.1 Å². The molecule has 0 aliphatic carbocycles. The van der Waals surface area contributed by atoms with Crippen LogP contribution in [0.15, 0.2) is 22.6 Å². The van der Waals surface area contributed by atoms with Gasteiger partial charge in [0.15, 0.2) is 17.0 Å². The highest BCUT2D eigenvalue weighted by Gasteiger charge is 2.09. The molecule has 3 heteroatoms. The third-order valence-electron chi connectivity index (χ3n) is 2.02. The molecule has 0 spiro atoms. The summed E-state index contributed by atoms with van der Waals surface area (Å²) in [6, 6.07) is 5.18. The van der Waals surface area contributed by atoms with Gasteiger partial charge in [0.25, 0.3) is 0 Å². The summed E-state index contributed by atoms with van der Waals surface area (Å²) in [7, 11) is 0. The molecule has 1 aromatic carbocycles. The predicted molar refractivity (Wildman–Crippen MR) is 54.2 cm³/mol. The summed E-state index contributed by atoms with van der Waals surface area (Å²) >= 11 is 0. The summed E-state index contributed by atoms with van der Waals surface area (Å²) in [6.45, 7) is 4.21. The van der Waals surface area contributed by atoms with Gasteiger partial charge in [0, 0.05) is 6.42 Å². The molecule has 14 heavy (non-hydrogen) atoms. The van der Waals surface area contributed by atoms with Gasteiger partial charge in [-0.1, -0.05) is 19.9 Å². The number of fused-ring (bicyclic) bond motifs is 1. The lowest BCUT2D eigenvalue weighted by atomic mass is 10.1. The van der Waals surface area contributed by atoms with E-state index in [1.807, 2.05) is 6.07 Å². The molecule has 0 radical (unpaired) electrons. The number of aromatic nitrogens is 1. The van der Waals surface area contributed by atoms with E-state index in [0.717, 1.165) is 6.42 Å². The van der Waals surface area contributed by atoms with Crippen molar-refractivity contribution in [3.63, 3.8) is 0 Å². The summed E-state index contributed by atoms with van der Waals surface area (Å²) in [5.41, 5.74) is 1.21. The lowest BCUT2D eigenvalue weighted by molar-refractivity contribution is 0.480. The lowest BCUT2D eigenvalue weighted by Gasteiger charge is -1.96. The molecule has 2 aromatic rings. The molecular weight excluding hydrogens is 178 g/mol. The van der Waals surface area contributed by atoms with Crippen molar-refractivity contribution in [2.24, 2.45) is 5.92 Å². The van der Waals surface area contributed by atoms with E-state index < -0.39 is 0 Å². The van der Waals surface area contributed by atoms with E-state index in [-0.39, 0.29) is 5.75 Å². The van der Waals surface area contributed by atoms with Gasteiger partial charge in [0.1, 0.15) is 5.75 Å². The number of aromatic hydroxyl groups is 1. The summed E-state index contributed by atoms with van der Waals surface area (Å²) in [5, 5.41) is 9.50. The highest BCUT2D eigenvalue weighted by molar-refractivity contribution is 5.79. The number of phenols is 1. The van der Waals surface area contributed by atoms with Crippen molar-refractivity contribution in [2.45, 2.75) is 20.3 Å². The molecule has 2 rings (SSSR count). The van der Waals surface area contributed by atoms with Gasteiger partial charge in [-0.25, -0.2) is 4.98 Å². The fraction of sp³-hybridized carbons (Fsp3) is 0.364. The molecule has 1 heterocycles. The Morgan fingerprint density at radius 1 is 1.43 bits per heavy atom. The largest absolute Gasteiger partial charge is 0.506 e. The molecule has 0 atom stereocenters. The van der Waals surface area contributed by atoms with Gasteiger partial charge in [-0.3, -0.25) is 0 Å². The van der Waals surface area contributed by atoms with Gasteiger partial charge >= 0.3 is 0 Å². The van der Waals surface area contributed by atoms with Crippen LogP contribution in [0.1, 0.15) is 19.7 Å². The van der Waals surface area contributed by atoms with E-state index in [0.29, 0.717) is 22.9 Å². The zero-order chi connectivity index (χ0) is 10.1. The zero-order valence-electron chi connectivity index (χ0n) is 8.32. The van der Waals surface area contributed by atoms with Crippen molar-refractivity contribution in [3.8, 4) is 5.75 Å². The maximum Gasteiger partial charge on any atom is 0.195 e. The van der Waals surface area contributed by atoms with E-state index in [4.69, 9.17) is 4.42 Å². The quantitative estimate of drug-likeness (QED) is 0.793. The second-order valence-electron chi connectivity index (χ2n) is 3.83. The molecule has 1 N–H and O–H groups in total. The van der Waals surface area contributed by atoms with Crippen LogP contribution in [0.5, 0.6) is 5.75 Å². The van der Waals surface area contributed by atoms with Gasteiger partial charge in [0.2, 0.25) is 0 Å². The number of benzene rings is 1. The van der Waals surface area contributed by atoms with E-state index in [9.17, 15) is 5.11 Å². The van der Waals surface area contributed by atoms with E-state index >= 15 is 0 Å². The monoisotopic (exact) mass is 191 g/mol. The van der Waals surface area contributed by atoms with Crippen LogP contribution in [-0.2, 0) is 6.42 Å². The van der Waals surface area contributed by atoms with Crippen LogP contribution < -0.4 is 0 Å². The molecule has 0 unspecified atom stereocenters. The van der Waals surface area contributed by atoms with E-state index in [1.165, 1.54) is 0 Å². The molecule has 74 valence electrons. The predicted octanol–water partition coefficient (Wildman–Crippen LogP) is 2.73. The summed E-state index contributed by atoms with van der Waals surface area (Å²) < 4.78 is 5.49. The molecule has 0 bridgehead atoms. The second-order valence-corrected chi connectivity index (χ2v) is 3.83. The number of rotatable bonds is 2. The topological polar surface area (TPSA) is 46.3 Å². The second kappa shape index (κ2) is 3.33. The third kappa shape index (κ3) is 1.58. The number of phenolic OH excluding ortho intramolecular Hbond substituents is 1.